The lowest BCUT2D eigenvalue weighted by molar-refractivity contribution is 0.0796. The Labute approximate surface area is 135 Å². The summed E-state index contributed by atoms with van der Waals surface area (Å²) in [6.07, 6.45) is 4.92. The first-order valence-corrected chi connectivity index (χ1v) is 8.08. The first-order valence-electron chi connectivity index (χ1n) is 7.20. The summed E-state index contributed by atoms with van der Waals surface area (Å²) >= 11 is 1.60. The van der Waals surface area contributed by atoms with Crippen molar-refractivity contribution >= 4 is 29.0 Å². The van der Waals surface area contributed by atoms with E-state index in [0.717, 1.165) is 12.2 Å². The van der Waals surface area contributed by atoms with Gasteiger partial charge in [-0.05, 0) is 30.0 Å². The van der Waals surface area contributed by atoms with Crippen LogP contribution in [0.25, 0.3) is 0 Å². The molecule has 20 heavy (non-hydrogen) atoms. The molecule has 112 valence electrons. The van der Waals surface area contributed by atoms with Gasteiger partial charge in [0.25, 0.3) is 0 Å². The first-order chi connectivity index (χ1) is 9.71. The Morgan fingerprint density at radius 2 is 1.95 bits per heavy atom. The molecule has 1 unspecified atom stereocenters. The van der Waals surface area contributed by atoms with Crippen LogP contribution >= 0.6 is 23.0 Å². The lowest BCUT2D eigenvalue weighted by atomic mass is 10.0. The standard InChI is InChI=1S/C16H23IO3/c1-3-5-6-13(4-2)11-19-12-14-7-9-15(10-8-14)16(18)20-17/h7-10,13H,3-6,11-12H2,1-2H3. The molecule has 3 nitrogen and oxygen atoms in total. The summed E-state index contributed by atoms with van der Waals surface area (Å²) in [7, 11) is 0. The zero-order valence-corrected chi connectivity index (χ0v) is 14.4. The van der Waals surface area contributed by atoms with Crippen molar-refractivity contribution in [1.29, 1.82) is 0 Å². The second-order valence-corrected chi connectivity index (χ2v) is 5.43. The van der Waals surface area contributed by atoms with Crippen LogP contribution in [0.5, 0.6) is 0 Å². The van der Waals surface area contributed by atoms with Gasteiger partial charge in [0.05, 0.1) is 12.2 Å². The van der Waals surface area contributed by atoms with Crippen LogP contribution in [0.1, 0.15) is 55.5 Å². The van der Waals surface area contributed by atoms with E-state index in [2.05, 4.69) is 16.9 Å². The Morgan fingerprint density at radius 1 is 1.25 bits per heavy atom. The Kier molecular flexibility index (Phi) is 8.85. The predicted octanol–water partition coefficient (Wildman–Crippen LogP) is 4.93. The number of ether oxygens (including phenoxy) is 1. The summed E-state index contributed by atoms with van der Waals surface area (Å²) in [5, 5.41) is 0. The summed E-state index contributed by atoms with van der Waals surface area (Å²) in [4.78, 5) is 11.3. The van der Waals surface area contributed by atoms with E-state index in [1.807, 2.05) is 12.1 Å². The van der Waals surface area contributed by atoms with Gasteiger partial charge in [0.15, 0.2) is 23.0 Å². The van der Waals surface area contributed by atoms with Gasteiger partial charge in [0.2, 0.25) is 0 Å². The van der Waals surface area contributed by atoms with Crippen LogP contribution in [-0.4, -0.2) is 12.6 Å². The molecule has 0 spiro atoms. The van der Waals surface area contributed by atoms with E-state index < -0.39 is 0 Å². The molecule has 4 heteroatoms. The van der Waals surface area contributed by atoms with E-state index in [0.29, 0.717) is 18.1 Å². The minimum Gasteiger partial charge on any atom is -0.391 e. The van der Waals surface area contributed by atoms with Crippen LogP contribution in [0.3, 0.4) is 0 Å². The molecule has 0 aliphatic carbocycles. The maximum absolute atomic E-state index is 11.3. The fourth-order valence-corrected chi connectivity index (χ4v) is 2.28. The molecule has 0 bridgehead atoms. The summed E-state index contributed by atoms with van der Waals surface area (Å²) in [5.41, 5.74) is 1.65. The van der Waals surface area contributed by atoms with Gasteiger partial charge in [0.1, 0.15) is 0 Å². The Balaban J connectivity index is 2.36. The Morgan fingerprint density at radius 3 is 2.50 bits per heavy atom. The molecule has 0 aliphatic rings. The quantitative estimate of drug-likeness (QED) is 0.561. The maximum atomic E-state index is 11.3. The first kappa shape index (κ1) is 17.4. The van der Waals surface area contributed by atoms with Crippen LogP contribution in [-0.2, 0) is 14.4 Å². The molecule has 1 rings (SSSR count). The highest BCUT2D eigenvalue weighted by atomic mass is 127. The topological polar surface area (TPSA) is 35.5 Å². The Hall–Kier alpha value is -0.620. The number of hydrogen-bond acceptors (Lipinski definition) is 3. The van der Waals surface area contributed by atoms with Gasteiger partial charge in [-0.2, -0.15) is 0 Å². The normalized spacial score (nSPS) is 12.2. The summed E-state index contributed by atoms with van der Waals surface area (Å²) < 4.78 is 10.4. The molecule has 0 saturated carbocycles. The molecule has 0 amide bonds. The number of carbonyl (C=O) groups excluding carboxylic acids is 1. The van der Waals surface area contributed by atoms with Crippen molar-refractivity contribution in [3.8, 4) is 0 Å². The largest absolute Gasteiger partial charge is 0.391 e. The third kappa shape index (κ3) is 6.22. The number of rotatable bonds is 9. The molecule has 0 N–H and O–H groups in total. The van der Waals surface area contributed by atoms with E-state index in [1.165, 1.54) is 25.7 Å². The number of hydrogen-bond donors (Lipinski definition) is 0. The summed E-state index contributed by atoms with van der Waals surface area (Å²) in [6.45, 7) is 5.85. The predicted molar refractivity (Wildman–Crippen MR) is 88.8 cm³/mol. The molecule has 1 atom stereocenters. The van der Waals surface area contributed by atoms with E-state index in [9.17, 15) is 4.79 Å². The third-order valence-electron chi connectivity index (χ3n) is 3.43. The zero-order chi connectivity index (χ0) is 14.8. The lowest BCUT2D eigenvalue weighted by Crippen LogP contribution is -2.09. The van der Waals surface area contributed by atoms with Gasteiger partial charge in [-0.25, -0.2) is 4.79 Å². The molecule has 0 heterocycles. The van der Waals surface area contributed by atoms with E-state index in [-0.39, 0.29) is 5.97 Å². The van der Waals surface area contributed by atoms with Crippen LogP contribution in [0.15, 0.2) is 24.3 Å². The molecule has 1 aromatic rings. The van der Waals surface area contributed by atoms with Crippen molar-refractivity contribution in [3.63, 3.8) is 0 Å². The highest BCUT2D eigenvalue weighted by molar-refractivity contribution is 14.1. The van der Waals surface area contributed by atoms with Gasteiger partial charge < -0.3 is 7.80 Å². The molecular weight excluding hydrogens is 367 g/mol. The number of unbranched alkanes of at least 4 members (excludes halogenated alkanes) is 1. The smallest absolute Gasteiger partial charge is 0.347 e. The van der Waals surface area contributed by atoms with Crippen molar-refractivity contribution in [1.82, 2.24) is 0 Å². The minimum atomic E-state index is -0.316. The van der Waals surface area contributed by atoms with Crippen LogP contribution in [0.2, 0.25) is 0 Å². The maximum Gasteiger partial charge on any atom is 0.347 e. The molecule has 0 radical (unpaired) electrons. The minimum absolute atomic E-state index is 0.316. The average molecular weight is 390 g/mol. The number of carbonyl (C=O) groups is 1. The van der Waals surface area contributed by atoms with Crippen molar-refractivity contribution in [2.45, 2.75) is 46.1 Å². The fraction of sp³-hybridized carbons (Fsp3) is 0.562. The second-order valence-electron chi connectivity index (χ2n) is 4.99. The highest BCUT2D eigenvalue weighted by Gasteiger charge is 2.07. The van der Waals surface area contributed by atoms with Crippen LogP contribution in [0.4, 0.5) is 0 Å². The number of halogens is 1. The molecular formula is C16H23IO3. The SMILES string of the molecule is CCCCC(CC)COCc1ccc(C(=O)OI)cc1. The van der Waals surface area contributed by atoms with Gasteiger partial charge in [0, 0.05) is 6.61 Å². The van der Waals surface area contributed by atoms with Gasteiger partial charge in [-0.15, -0.1) is 0 Å². The van der Waals surface area contributed by atoms with Gasteiger partial charge in [-0.1, -0.05) is 45.2 Å². The van der Waals surface area contributed by atoms with Gasteiger partial charge >= 0.3 is 5.97 Å². The summed E-state index contributed by atoms with van der Waals surface area (Å²) in [6, 6.07) is 7.37. The molecule has 0 fully saturated rings. The van der Waals surface area contributed by atoms with E-state index in [4.69, 9.17) is 4.74 Å². The van der Waals surface area contributed by atoms with Crippen molar-refractivity contribution in [3.05, 3.63) is 35.4 Å². The van der Waals surface area contributed by atoms with Gasteiger partial charge in [-0.3, -0.25) is 0 Å². The van der Waals surface area contributed by atoms with Crippen molar-refractivity contribution < 1.29 is 12.6 Å². The van der Waals surface area contributed by atoms with Crippen LogP contribution < -0.4 is 0 Å². The highest BCUT2D eigenvalue weighted by Crippen LogP contribution is 2.14. The third-order valence-corrected chi connectivity index (χ3v) is 3.83. The molecule has 1 aromatic carbocycles. The van der Waals surface area contributed by atoms with E-state index in [1.54, 1.807) is 35.1 Å². The molecule has 0 saturated heterocycles. The monoisotopic (exact) mass is 390 g/mol. The van der Waals surface area contributed by atoms with Crippen molar-refractivity contribution in [2.75, 3.05) is 6.61 Å². The van der Waals surface area contributed by atoms with E-state index >= 15 is 0 Å². The van der Waals surface area contributed by atoms with Crippen LogP contribution in [0, 0.1) is 5.92 Å². The fourth-order valence-electron chi connectivity index (χ4n) is 2.02. The van der Waals surface area contributed by atoms with Crippen molar-refractivity contribution in [2.24, 2.45) is 5.92 Å². The zero-order valence-electron chi connectivity index (χ0n) is 12.2. The number of benzene rings is 1. The molecule has 0 aliphatic heterocycles. The summed E-state index contributed by atoms with van der Waals surface area (Å²) in [5.74, 6) is 0.340. The lowest BCUT2D eigenvalue weighted by Gasteiger charge is -2.14. The average Bonchev–Trinajstić information content (AvgIpc) is 2.50. The molecule has 0 aromatic heterocycles. The second kappa shape index (κ2) is 10.2. The Bertz CT molecular complexity index is 389.